The fourth-order valence-corrected chi connectivity index (χ4v) is 5.82. The van der Waals surface area contributed by atoms with Crippen LogP contribution >= 0.6 is 11.6 Å². The number of anilines is 6. The van der Waals surface area contributed by atoms with Gasteiger partial charge in [-0.15, -0.1) is 0 Å². The number of aryl methyl sites for hydroxylation is 1. The molecule has 0 spiro atoms. The summed E-state index contributed by atoms with van der Waals surface area (Å²) in [6.07, 6.45) is 7.77. The lowest BCUT2D eigenvalue weighted by molar-refractivity contribution is 0.249. The lowest BCUT2D eigenvalue weighted by atomic mass is 10.0. The Balaban J connectivity index is 1.42. The highest BCUT2D eigenvalue weighted by Crippen LogP contribution is 2.37. The number of halogens is 1. The Morgan fingerprint density at radius 3 is 2.48 bits per heavy atom. The second kappa shape index (κ2) is 12.1. The summed E-state index contributed by atoms with van der Waals surface area (Å²) in [6, 6.07) is 8.07. The normalized spacial score (nSPS) is 14.3. The molecule has 222 valence electrons. The van der Waals surface area contributed by atoms with Crippen molar-refractivity contribution in [3.8, 4) is 5.75 Å². The maximum Gasteiger partial charge on any atom is 0.229 e. The van der Waals surface area contributed by atoms with Crippen LogP contribution in [-0.2, 0) is 10.0 Å². The van der Waals surface area contributed by atoms with E-state index in [0.717, 1.165) is 43.4 Å². The summed E-state index contributed by atoms with van der Waals surface area (Å²) in [6.45, 7) is 4.03. The number of ether oxygens (including phenoxy) is 1. The Hall–Kier alpha value is -3.94. The summed E-state index contributed by atoms with van der Waals surface area (Å²) in [5.74, 6) is 1.20. The Kier molecular flexibility index (Phi) is 8.53. The fraction of sp³-hybridized carbons (Fsp3) is 0.357. The molecule has 1 aliphatic heterocycles. The molecule has 3 N–H and O–H groups in total. The first kappa shape index (κ1) is 29.5. The van der Waals surface area contributed by atoms with Gasteiger partial charge in [0, 0.05) is 43.3 Å². The third-order valence-electron chi connectivity index (χ3n) is 7.23. The highest BCUT2D eigenvalue weighted by Gasteiger charge is 2.23. The maximum atomic E-state index is 12.2. The molecule has 4 aromatic rings. The molecule has 42 heavy (non-hydrogen) atoms. The van der Waals surface area contributed by atoms with E-state index in [1.54, 1.807) is 19.2 Å². The zero-order valence-corrected chi connectivity index (χ0v) is 25.7. The molecule has 3 heterocycles. The first-order valence-corrected chi connectivity index (χ1v) is 15.7. The summed E-state index contributed by atoms with van der Waals surface area (Å²) in [4.78, 5) is 22.2. The van der Waals surface area contributed by atoms with E-state index in [-0.39, 0.29) is 22.5 Å². The Morgan fingerprint density at radius 1 is 1.05 bits per heavy atom. The summed E-state index contributed by atoms with van der Waals surface area (Å²) >= 11 is 6.46. The van der Waals surface area contributed by atoms with Crippen molar-refractivity contribution in [2.24, 2.45) is 0 Å². The molecule has 0 amide bonds. The second-order valence-electron chi connectivity index (χ2n) is 10.4. The van der Waals surface area contributed by atoms with Crippen LogP contribution in [0.15, 0.2) is 42.9 Å². The third kappa shape index (κ3) is 6.58. The van der Waals surface area contributed by atoms with Crippen molar-refractivity contribution in [2.45, 2.75) is 25.8 Å². The summed E-state index contributed by atoms with van der Waals surface area (Å²) < 4.78 is 32.6. The second-order valence-corrected chi connectivity index (χ2v) is 12.6. The molecule has 0 atom stereocenters. The lowest BCUT2D eigenvalue weighted by Gasteiger charge is -2.37. The summed E-state index contributed by atoms with van der Waals surface area (Å²) in [7, 11) is 2.27. The number of rotatable bonds is 9. The molecule has 0 unspecified atom stereocenters. The third-order valence-corrected chi connectivity index (χ3v) is 8.08. The minimum Gasteiger partial charge on any atom is -0.494 e. The van der Waals surface area contributed by atoms with Crippen LogP contribution in [-0.4, -0.2) is 79.8 Å². The average Bonchev–Trinajstić information content (AvgIpc) is 2.95. The van der Waals surface area contributed by atoms with Crippen molar-refractivity contribution in [1.82, 2.24) is 24.8 Å². The molecule has 0 saturated carbocycles. The number of aromatic nitrogens is 4. The van der Waals surface area contributed by atoms with Crippen molar-refractivity contribution in [3.63, 3.8) is 0 Å². The van der Waals surface area contributed by atoms with Crippen LogP contribution < -0.4 is 25.0 Å². The van der Waals surface area contributed by atoms with Crippen molar-refractivity contribution < 1.29 is 13.2 Å². The number of hydrogen-bond donors (Lipinski definition) is 3. The molecule has 5 rings (SSSR count). The van der Waals surface area contributed by atoms with Gasteiger partial charge in [0.15, 0.2) is 5.82 Å². The van der Waals surface area contributed by atoms with Crippen LogP contribution in [0.2, 0.25) is 5.02 Å². The molecule has 2 aromatic heterocycles. The van der Waals surface area contributed by atoms with Gasteiger partial charge in [-0.05, 0) is 57.6 Å². The van der Waals surface area contributed by atoms with Gasteiger partial charge >= 0.3 is 0 Å². The number of fused-ring (bicyclic) bond motifs is 1. The van der Waals surface area contributed by atoms with Crippen molar-refractivity contribution in [1.29, 1.82) is 0 Å². The van der Waals surface area contributed by atoms with E-state index in [2.05, 4.69) is 66.1 Å². The molecule has 1 aliphatic rings. The SMILES string of the molecule is COc1cc(N2CCC(N(C)C)CC2)c(C)cc1Nc1ncc(Cl)c(Nc2ccc3nccnc3c2NS(C)(=O)=O)n1. The number of methoxy groups -OCH3 is 1. The van der Waals surface area contributed by atoms with Crippen molar-refractivity contribution in [2.75, 3.05) is 60.8 Å². The van der Waals surface area contributed by atoms with E-state index >= 15 is 0 Å². The first-order chi connectivity index (χ1) is 20.0. The van der Waals surface area contributed by atoms with Crippen LogP contribution in [0.25, 0.3) is 11.0 Å². The zero-order chi connectivity index (χ0) is 30.0. The number of sulfonamides is 1. The van der Waals surface area contributed by atoms with E-state index in [0.29, 0.717) is 34.2 Å². The standard InChI is InChI=1S/C28H34ClN9O3S/c1-17-14-22(24(41-4)15-23(17)38-12-8-18(9-13-38)37(2)3)34-28-32-16-19(29)27(35-28)33-21-7-6-20-25(31-11-10-30-20)26(21)36-42(5,39)40/h6-7,10-11,14-16,18,36H,8-9,12-13H2,1-5H3,(H2,32,33,34,35). The van der Waals surface area contributed by atoms with Crippen molar-refractivity contribution >= 4 is 67.2 Å². The molecular weight excluding hydrogens is 578 g/mol. The van der Waals surface area contributed by atoms with Gasteiger partial charge in [0.05, 0.1) is 42.1 Å². The van der Waals surface area contributed by atoms with E-state index < -0.39 is 10.0 Å². The summed E-state index contributed by atoms with van der Waals surface area (Å²) in [5, 5.41) is 6.61. The Morgan fingerprint density at radius 2 is 1.79 bits per heavy atom. The number of benzene rings is 2. The average molecular weight is 612 g/mol. The van der Waals surface area contributed by atoms with Crippen LogP contribution in [0, 0.1) is 6.92 Å². The van der Waals surface area contributed by atoms with E-state index in [9.17, 15) is 8.42 Å². The molecule has 2 aromatic carbocycles. The van der Waals surface area contributed by atoms with Crippen LogP contribution in [0.1, 0.15) is 18.4 Å². The molecule has 0 aliphatic carbocycles. The lowest BCUT2D eigenvalue weighted by Crippen LogP contribution is -2.42. The van der Waals surface area contributed by atoms with Gasteiger partial charge in [-0.1, -0.05) is 11.6 Å². The Labute approximate surface area is 250 Å². The number of hydrogen-bond acceptors (Lipinski definition) is 11. The maximum absolute atomic E-state index is 12.2. The van der Waals surface area contributed by atoms with Gasteiger partial charge < -0.3 is 25.2 Å². The smallest absolute Gasteiger partial charge is 0.229 e. The predicted molar refractivity (Wildman–Crippen MR) is 168 cm³/mol. The zero-order valence-electron chi connectivity index (χ0n) is 24.1. The van der Waals surface area contributed by atoms with Gasteiger partial charge in [-0.2, -0.15) is 4.98 Å². The van der Waals surface area contributed by atoms with Crippen LogP contribution in [0.3, 0.4) is 0 Å². The van der Waals surface area contributed by atoms with Gasteiger partial charge in [0.25, 0.3) is 0 Å². The Bertz CT molecular complexity index is 1710. The van der Waals surface area contributed by atoms with E-state index in [1.165, 1.54) is 18.6 Å². The minimum absolute atomic E-state index is 0.231. The van der Waals surface area contributed by atoms with Gasteiger partial charge in [0.2, 0.25) is 16.0 Å². The molecule has 1 fully saturated rings. The fourth-order valence-electron chi connectivity index (χ4n) is 5.10. The summed E-state index contributed by atoms with van der Waals surface area (Å²) in [5.41, 5.74) is 4.48. The number of nitrogens with one attached hydrogen (secondary N) is 3. The monoisotopic (exact) mass is 611 g/mol. The minimum atomic E-state index is -3.63. The molecule has 0 radical (unpaired) electrons. The van der Waals surface area contributed by atoms with Gasteiger partial charge in [-0.25, -0.2) is 13.4 Å². The van der Waals surface area contributed by atoms with Crippen molar-refractivity contribution in [3.05, 3.63) is 53.4 Å². The van der Waals surface area contributed by atoms with E-state index in [1.807, 2.05) is 12.1 Å². The first-order valence-electron chi connectivity index (χ1n) is 13.4. The largest absolute Gasteiger partial charge is 0.494 e. The van der Waals surface area contributed by atoms with Gasteiger partial charge in [-0.3, -0.25) is 14.7 Å². The topological polar surface area (TPSA) is 138 Å². The highest BCUT2D eigenvalue weighted by molar-refractivity contribution is 7.92. The van der Waals surface area contributed by atoms with Gasteiger partial charge in [0.1, 0.15) is 16.3 Å². The predicted octanol–water partition coefficient (Wildman–Crippen LogP) is 4.78. The molecule has 0 bridgehead atoms. The van der Waals surface area contributed by atoms with E-state index in [4.69, 9.17) is 16.3 Å². The highest BCUT2D eigenvalue weighted by atomic mass is 35.5. The van der Waals surface area contributed by atoms with Crippen LogP contribution in [0.4, 0.5) is 34.5 Å². The quantitative estimate of drug-likeness (QED) is 0.241. The molecule has 14 heteroatoms. The van der Waals surface area contributed by atoms with Crippen LogP contribution in [0.5, 0.6) is 5.75 Å². The molecular formula is C28H34ClN9O3S. The molecule has 12 nitrogen and oxygen atoms in total. The molecule has 1 saturated heterocycles. The number of piperidine rings is 1. The number of nitrogens with zero attached hydrogens (tertiary/aromatic N) is 6.